The molecule has 0 radical (unpaired) electrons. The van der Waals surface area contributed by atoms with Gasteiger partial charge in [-0.1, -0.05) is 5.16 Å². The van der Waals surface area contributed by atoms with Gasteiger partial charge in [0.05, 0.1) is 5.39 Å². The van der Waals surface area contributed by atoms with Gasteiger partial charge in [0, 0.05) is 18.0 Å². The van der Waals surface area contributed by atoms with Crippen molar-refractivity contribution in [2.75, 3.05) is 7.11 Å². The molecular weight excluding hydrogens is 266 g/mol. The van der Waals surface area contributed by atoms with Crippen LogP contribution in [0.4, 0.5) is 0 Å². The molecule has 6 nitrogen and oxygen atoms in total. The molecular formula is C12H11N3O3S. The molecule has 0 saturated carbocycles. The first-order chi connectivity index (χ1) is 9.28. The third-order valence-electron chi connectivity index (χ3n) is 2.68. The molecule has 3 rings (SSSR count). The molecule has 98 valence electrons. The second-order valence-corrected chi connectivity index (χ2v) is 4.93. The number of rotatable bonds is 4. The molecule has 0 atom stereocenters. The van der Waals surface area contributed by atoms with Crippen molar-refractivity contribution < 1.29 is 9.26 Å². The van der Waals surface area contributed by atoms with E-state index in [0.717, 1.165) is 4.70 Å². The van der Waals surface area contributed by atoms with Crippen LogP contribution in [0.3, 0.4) is 0 Å². The van der Waals surface area contributed by atoms with Crippen LogP contribution in [-0.2, 0) is 17.9 Å². The van der Waals surface area contributed by atoms with Crippen LogP contribution in [0.15, 0.2) is 33.0 Å². The summed E-state index contributed by atoms with van der Waals surface area (Å²) in [4.78, 5) is 16.3. The average Bonchev–Trinajstić information content (AvgIpc) is 3.03. The van der Waals surface area contributed by atoms with Gasteiger partial charge in [-0.15, -0.1) is 11.3 Å². The first-order valence-corrected chi connectivity index (χ1v) is 6.53. The number of hydrogen-bond donors (Lipinski definition) is 0. The molecule has 0 aliphatic carbocycles. The lowest BCUT2D eigenvalue weighted by Crippen LogP contribution is -2.19. The summed E-state index contributed by atoms with van der Waals surface area (Å²) in [6, 6.07) is 3.73. The molecule has 0 amide bonds. The number of aromatic nitrogens is 3. The lowest BCUT2D eigenvalue weighted by atomic mass is 10.3. The van der Waals surface area contributed by atoms with Gasteiger partial charge in [-0.3, -0.25) is 4.79 Å². The van der Waals surface area contributed by atoms with Crippen LogP contribution >= 0.6 is 11.3 Å². The van der Waals surface area contributed by atoms with Crippen molar-refractivity contribution in [1.82, 2.24) is 14.7 Å². The van der Waals surface area contributed by atoms with E-state index in [1.807, 2.05) is 17.5 Å². The Bertz CT molecular complexity index is 759. The molecule has 0 spiro atoms. The van der Waals surface area contributed by atoms with Gasteiger partial charge in [0.15, 0.2) is 5.82 Å². The number of hydrogen-bond acceptors (Lipinski definition) is 6. The fourth-order valence-electron chi connectivity index (χ4n) is 1.82. The Balaban J connectivity index is 1.91. The molecule has 0 fully saturated rings. The normalized spacial score (nSPS) is 11.2. The third kappa shape index (κ3) is 2.29. The Morgan fingerprint density at radius 3 is 3.21 bits per heavy atom. The number of nitrogens with zero attached hydrogens (tertiary/aromatic N) is 3. The Hall–Kier alpha value is -1.99. The molecule has 0 unspecified atom stereocenters. The summed E-state index contributed by atoms with van der Waals surface area (Å²) in [5, 5.41) is 6.37. The fourth-order valence-corrected chi connectivity index (χ4v) is 2.59. The topological polar surface area (TPSA) is 70.2 Å². The predicted octanol–water partition coefficient (Wildman–Crippen LogP) is 1.64. The third-order valence-corrected chi connectivity index (χ3v) is 3.56. The summed E-state index contributed by atoms with van der Waals surface area (Å²) in [6.07, 6.45) is 1.74. The summed E-state index contributed by atoms with van der Waals surface area (Å²) in [7, 11) is 1.56. The molecule has 3 aromatic heterocycles. The van der Waals surface area contributed by atoms with Gasteiger partial charge in [-0.2, -0.15) is 4.98 Å². The minimum Gasteiger partial charge on any atom is -0.377 e. The molecule has 19 heavy (non-hydrogen) atoms. The number of fused-ring (bicyclic) bond motifs is 1. The van der Waals surface area contributed by atoms with Crippen LogP contribution in [0.2, 0.25) is 0 Å². The van der Waals surface area contributed by atoms with Crippen molar-refractivity contribution in [3.8, 4) is 0 Å². The minimum atomic E-state index is -0.0507. The maximum Gasteiger partial charge on any atom is 0.259 e. The Labute approximate surface area is 112 Å². The van der Waals surface area contributed by atoms with Gasteiger partial charge in [0.25, 0.3) is 5.56 Å². The van der Waals surface area contributed by atoms with Crippen LogP contribution in [0.25, 0.3) is 10.1 Å². The van der Waals surface area contributed by atoms with E-state index in [2.05, 4.69) is 10.1 Å². The van der Waals surface area contributed by atoms with E-state index in [1.54, 1.807) is 29.2 Å². The molecule has 0 N–H and O–H groups in total. The standard InChI is InChI=1S/C12H11N3O3S/c1-17-7-10-13-11(18-14-10)6-15-4-2-9-8(12(15)16)3-5-19-9/h2-5H,6-7H2,1H3. The minimum absolute atomic E-state index is 0.0507. The molecule has 0 aliphatic heterocycles. The molecule has 7 heteroatoms. The van der Waals surface area contributed by atoms with Gasteiger partial charge in [-0.05, 0) is 17.5 Å². The summed E-state index contributed by atoms with van der Waals surface area (Å²) in [6.45, 7) is 0.559. The zero-order valence-electron chi connectivity index (χ0n) is 10.2. The quantitative estimate of drug-likeness (QED) is 0.725. The SMILES string of the molecule is COCc1noc(Cn2ccc3sccc3c2=O)n1. The van der Waals surface area contributed by atoms with Crippen LogP contribution < -0.4 is 5.56 Å². The molecule has 3 heterocycles. The van der Waals surface area contributed by atoms with Crippen molar-refractivity contribution in [2.24, 2.45) is 0 Å². The second kappa shape index (κ2) is 4.94. The van der Waals surface area contributed by atoms with Gasteiger partial charge in [0.2, 0.25) is 5.89 Å². The zero-order chi connectivity index (χ0) is 13.2. The fraction of sp³-hybridized carbons (Fsp3) is 0.250. The van der Waals surface area contributed by atoms with E-state index in [9.17, 15) is 4.79 Å². The predicted molar refractivity (Wildman–Crippen MR) is 70.2 cm³/mol. The number of thiophene rings is 1. The lowest BCUT2D eigenvalue weighted by molar-refractivity contribution is 0.174. The highest BCUT2D eigenvalue weighted by Gasteiger charge is 2.09. The monoisotopic (exact) mass is 277 g/mol. The number of methoxy groups -OCH3 is 1. The van der Waals surface area contributed by atoms with Crippen LogP contribution in [0, 0.1) is 0 Å². The lowest BCUT2D eigenvalue weighted by Gasteiger charge is -2.01. The van der Waals surface area contributed by atoms with Crippen molar-refractivity contribution in [1.29, 1.82) is 0 Å². The largest absolute Gasteiger partial charge is 0.377 e. The van der Waals surface area contributed by atoms with E-state index in [0.29, 0.717) is 23.7 Å². The van der Waals surface area contributed by atoms with Gasteiger partial charge in [0.1, 0.15) is 13.2 Å². The van der Waals surface area contributed by atoms with E-state index >= 15 is 0 Å². The van der Waals surface area contributed by atoms with Crippen molar-refractivity contribution in [3.63, 3.8) is 0 Å². The maximum absolute atomic E-state index is 12.2. The molecule has 0 bridgehead atoms. The smallest absolute Gasteiger partial charge is 0.259 e. The molecule has 3 aromatic rings. The van der Waals surface area contributed by atoms with Gasteiger partial charge in [-0.25, -0.2) is 0 Å². The first-order valence-electron chi connectivity index (χ1n) is 5.65. The van der Waals surface area contributed by atoms with Gasteiger partial charge >= 0.3 is 0 Å². The van der Waals surface area contributed by atoms with E-state index < -0.39 is 0 Å². The Morgan fingerprint density at radius 1 is 1.47 bits per heavy atom. The Morgan fingerprint density at radius 2 is 2.37 bits per heavy atom. The van der Waals surface area contributed by atoms with Crippen molar-refractivity contribution >= 4 is 21.4 Å². The second-order valence-electron chi connectivity index (χ2n) is 3.98. The highest BCUT2D eigenvalue weighted by Crippen LogP contribution is 2.16. The summed E-state index contributed by atoms with van der Waals surface area (Å²) >= 11 is 1.55. The summed E-state index contributed by atoms with van der Waals surface area (Å²) < 4.78 is 12.5. The van der Waals surface area contributed by atoms with E-state index in [-0.39, 0.29) is 12.1 Å². The van der Waals surface area contributed by atoms with Crippen molar-refractivity contribution in [2.45, 2.75) is 13.2 Å². The van der Waals surface area contributed by atoms with E-state index in [4.69, 9.17) is 9.26 Å². The average molecular weight is 277 g/mol. The highest BCUT2D eigenvalue weighted by molar-refractivity contribution is 7.17. The summed E-state index contributed by atoms with van der Waals surface area (Å²) in [5.74, 6) is 0.867. The Kier molecular flexibility index (Phi) is 3.14. The van der Waals surface area contributed by atoms with E-state index in [1.165, 1.54) is 0 Å². The van der Waals surface area contributed by atoms with Crippen LogP contribution in [0.5, 0.6) is 0 Å². The molecule has 0 aliphatic rings. The highest BCUT2D eigenvalue weighted by atomic mass is 32.1. The van der Waals surface area contributed by atoms with Crippen LogP contribution in [0.1, 0.15) is 11.7 Å². The van der Waals surface area contributed by atoms with Gasteiger partial charge < -0.3 is 13.8 Å². The van der Waals surface area contributed by atoms with Crippen molar-refractivity contribution in [3.05, 3.63) is 45.8 Å². The van der Waals surface area contributed by atoms with Crippen LogP contribution in [-0.4, -0.2) is 21.8 Å². The first kappa shape index (κ1) is 12.1. The zero-order valence-corrected chi connectivity index (χ0v) is 11.0. The molecule has 0 aromatic carbocycles. The maximum atomic E-state index is 12.2. The number of pyridine rings is 1. The molecule has 0 saturated heterocycles. The summed E-state index contributed by atoms with van der Waals surface area (Å²) in [5.41, 5.74) is -0.0507. The number of ether oxygens (including phenoxy) is 1.